The maximum atomic E-state index is 12.5. The number of hydrogen-bond acceptors (Lipinski definition) is 3. The molecule has 0 saturated carbocycles. The average Bonchev–Trinajstić information content (AvgIpc) is 2.59. The van der Waals surface area contributed by atoms with E-state index in [1.807, 2.05) is 17.0 Å². The highest BCUT2D eigenvalue weighted by atomic mass is 16.2. The standard InChI is InChI=1S/C20H25N3O/c1-14-8-10-23(11-9-14)20(24)18-7-6-17(13-21-18)22-19-12-15(2)4-5-16(19)3/h4-7,12-14,22H,8-11H2,1-3H3. The van der Waals surface area contributed by atoms with Crippen molar-refractivity contribution in [3.63, 3.8) is 0 Å². The first-order chi connectivity index (χ1) is 11.5. The third kappa shape index (κ3) is 3.75. The van der Waals surface area contributed by atoms with Gasteiger partial charge < -0.3 is 10.2 Å². The Morgan fingerprint density at radius 1 is 1.17 bits per heavy atom. The number of nitrogens with zero attached hydrogens (tertiary/aromatic N) is 2. The van der Waals surface area contributed by atoms with Crippen LogP contribution in [0.3, 0.4) is 0 Å². The first kappa shape index (κ1) is 16.5. The smallest absolute Gasteiger partial charge is 0.272 e. The maximum Gasteiger partial charge on any atom is 0.272 e. The van der Waals surface area contributed by atoms with E-state index in [-0.39, 0.29) is 5.91 Å². The first-order valence-corrected chi connectivity index (χ1v) is 8.62. The van der Waals surface area contributed by atoms with E-state index < -0.39 is 0 Å². The second-order valence-electron chi connectivity index (χ2n) is 6.85. The molecule has 0 aliphatic carbocycles. The lowest BCUT2D eigenvalue weighted by molar-refractivity contribution is 0.0691. The summed E-state index contributed by atoms with van der Waals surface area (Å²) in [5.74, 6) is 0.756. The van der Waals surface area contributed by atoms with Gasteiger partial charge in [0.25, 0.3) is 5.91 Å². The second-order valence-corrected chi connectivity index (χ2v) is 6.85. The molecule has 0 unspecified atom stereocenters. The van der Waals surface area contributed by atoms with Crippen LogP contribution in [0.2, 0.25) is 0 Å². The van der Waals surface area contributed by atoms with E-state index in [2.05, 4.69) is 49.3 Å². The number of hydrogen-bond donors (Lipinski definition) is 1. The van der Waals surface area contributed by atoms with Crippen LogP contribution >= 0.6 is 0 Å². The fourth-order valence-corrected chi connectivity index (χ4v) is 2.99. The quantitative estimate of drug-likeness (QED) is 0.915. The molecule has 1 aliphatic heterocycles. The van der Waals surface area contributed by atoms with E-state index in [0.717, 1.165) is 37.3 Å². The Bertz CT molecular complexity index is 716. The minimum absolute atomic E-state index is 0.0418. The summed E-state index contributed by atoms with van der Waals surface area (Å²) in [6.45, 7) is 8.07. The van der Waals surface area contributed by atoms with Gasteiger partial charge in [-0.25, -0.2) is 4.98 Å². The first-order valence-electron chi connectivity index (χ1n) is 8.62. The second kappa shape index (κ2) is 7.04. The van der Waals surface area contributed by atoms with Crippen molar-refractivity contribution in [3.8, 4) is 0 Å². The summed E-state index contributed by atoms with van der Waals surface area (Å²) < 4.78 is 0. The summed E-state index contributed by atoms with van der Waals surface area (Å²) in [7, 11) is 0. The van der Waals surface area contributed by atoms with Crippen LogP contribution in [0.15, 0.2) is 36.5 Å². The molecule has 1 saturated heterocycles. The molecule has 0 atom stereocenters. The molecule has 1 aromatic heterocycles. The van der Waals surface area contributed by atoms with E-state index in [4.69, 9.17) is 0 Å². The fraction of sp³-hybridized carbons (Fsp3) is 0.400. The molecule has 2 aromatic rings. The van der Waals surface area contributed by atoms with E-state index in [0.29, 0.717) is 11.6 Å². The Labute approximate surface area is 143 Å². The third-order valence-corrected chi connectivity index (χ3v) is 4.73. The van der Waals surface area contributed by atoms with E-state index in [1.165, 1.54) is 11.1 Å². The van der Waals surface area contributed by atoms with Crippen LogP contribution in [0.25, 0.3) is 0 Å². The third-order valence-electron chi connectivity index (χ3n) is 4.73. The van der Waals surface area contributed by atoms with E-state index >= 15 is 0 Å². The Morgan fingerprint density at radius 2 is 1.92 bits per heavy atom. The van der Waals surface area contributed by atoms with Crippen LogP contribution in [-0.4, -0.2) is 28.9 Å². The lowest BCUT2D eigenvalue weighted by Gasteiger charge is -2.30. The summed E-state index contributed by atoms with van der Waals surface area (Å²) in [6, 6.07) is 10.0. The number of rotatable bonds is 3. The van der Waals surface area contributed by atoms with Crippen LogP contribution < -0.4 is 5.32 Å². The molecule has 1 amide bonds. The Balaban J connectivity index is 1.69. The predicted molar refractivity (Wildman–Crippen MR) is 97.7 cm³/mol. The molecule has 3 rings (SSSR count). The van der Waals surface area contributed by atoms with Crippen molar-refractivity contribution in [1.29, 1.82) is 0 Å². The van der Waals surface area contributed by atoms with Crippen molar-refractivity contribution in [3.05, 3.63) is 53.3 Å². The molecule has 126 valence electrons. The van der Waals surface area contributed by atoms with Crippen molar-refractivity contribution < 1.29 is 4.79 Å². The molecule has 24 heavy (non-hydrogen) atoms. The molecule has 0 spiro atoms. The van der Waals surface area contributed by atoms with Crippen LogP contribution in [0.1, 0.15) is 41.4 Å². The van der Waals surface area contributed by atoms with Crippen molar-refractivity contribution in [1.82, 2.24) is 9.88 Å². The molecule has 1 aliphatic rings. The number of amides is 1. The van der Waals surface area contributed by atoms with Gasteiger partial charge in [-0.05, 0) is 61.9 Å². The number of carbonyl (C=O) groups excluding carboxylic acids is 1. The number of aromatic nitrogens is 1. The molecular weight excluding hydrogens is 298 g/mol. The number of aryl methyl sites for hydroxylation is 2. The Morgan fingerprint density at radius 3 is 2.58 bits per heavy atom. The normalized spacial score (nSPS) is 15.4. The molecule has 2 heterocycles. The molecule has 4 heteroatoms. The van der Waals surface area contributed by atoms with E-state index in [1.54, 1.807) is 6.20 Å². The molecule has 0 bridgehead atoms. The van der Waals surface area contributed by atoms with Gasteiger partial charge in [0, 0.05) is 18.8 Å². The molecule has 1 N–H and O–H groups in total. The summed E-state index contributed by atoms with van der Waals surface area (Å²) in [5, 5.41) is 3.38. The number of benzene rings is 1. The number of nitrogens with one attached hydrogen (secondary N) is 1. The Hall–Kier alpha value is -2.36. The zero-order valence-corrected chi connectivity index (χ0v) is 14.7. The van der Waals surface area contributed by atoms with Gasteiger partial charge in [-0.1, -0.05) is 19.1 Å². The monoisotopic (exact) mass is 323 g/mol. The summed E-state index contributed by atoms with van der Waals surface area (Å²) in [5.41, 5.74) is 4.88. The van der Waals surface area contributed by atoms with Crippen molar-refractivity contribution in [2.75, 3.05) is 18.4 Å². The number of anilines is 2. The van der Waals surface area contributed by atoms with Crippen molar-refractivity contribution in [2.45, 2.75) is 33.6 Å². The topological polar surface area (TPSA) is 45.2 Å². The lowest BCUT2D eigenvalue weighted by atomic mass is 9.99. The highest BCUT2D eigenvalue weighted by Gasteiger charge is 2.22. The van der Waals surface area contributed by atoms with Crippen LogP contribution in [0.5, 0.6) is 0 Å². The Kier molecular flexibility index (Phi) is 4.84. The van der Waals surface area contributed by atoms with Gasteiger partial charge >= 0.3 is 0 Å². The summed E-state index contributed by atoms with van der Waals surface area (Å²) in [6.07, 6.45) is 3.90. The minimum Gasteiger partial charge on any atom is -0.354 e. The molecular formula is C20H25N3O. The highest BCUT2D eigenvalue weighted by molar-refractivity contribution is 5.92. The van der Waals surface area contributed by atoms with Crippen LogP contribution in [0, 0.1) is 19.8 Å². The molecule has 0 radical (unpaired) electrons. The number of likely N-dealkylation sites (tertiary alicyclic amines) is 1. The molecule has 4 nitrogen and oxygen atoms in total. The van der Waals surface area contributed by atoms with Gasteiger partial charge in [-0.15, -0.1) is 0 Å². The van der Waals surface area contributed by atoms with Crippen LogP contribution in [0.4, 0.5) is 11.4 Å². The fourth-order valence-electron chi connectivity index (χ4n) is 2.99. The zero-order valence-electron chi connectivity index (χ0n) is 14.7. The number of piperidine rings is 1. The van der Waals surface area contributed by atoms with Crippen molar-refractivity contribution in [2.24, 2.45) is 5.92 Å². The summed E-state index contributed by atoms with van der Waals surface area (Å²) >= 11 is 0. The van der Waals surface area contributed by atoms with E-state index in [9.17, 15) is 4.79 Å². The lowest BCUT2D eigenvalue weighted by Crippen LogP contribution is -2.38. The zero-order chi connectivity index (χ0) is 17.1. The van der Waals surface area contributed by atoms with Gasteiger partial charge in [-0.3, -0.25) is 4.79 Å². The minimum atomic E-state index is 0.0418. The highest BCUT2D eigenvalue weighted by Crippen LogP contribution is 2.22. The van der Waals surface area contributed by atoms with Gasteiger partial charge in [0.1, 0.15) is 5.69 Å². The van der Waals surface area contributed by atoms with Crippen LogP contribution in [-0.2, 0) is 0 Å². The van der Waals surface area contributed by atoms with Gasteiger partial charge in [0.15, 0.2) is 0 Å². The average molecular weight is 323 g/mol. The number of pyridine rings is 1. The predicted octanol–water partition coefficient (Wildman–Crippen LogP) is 4.31. The van der Waals surface area contributed by atoms with Crippen molar-refractivity contribution >= 4 is 17.3 Å². The summed E-state index contributed by atoms with van der Waals surface area (Å²) in [4.78, 5) is 18.8. The SMILES string of the molecule is Cc1ccc(C)c(Nc2ccc(C(=O)N3CCC(C)CC3)nc2)c1. The number of carbonyl (C=O) groups is 1. The maximum absolute atomic E-state index is 12.5. The molecule has 1 aromatic carbocycles. The van der Waals surface area contributed by atoms with Gasteiger partial charge in [0.05, 0.1) is 11.9 Å². The van der Waals surface area contributed by atoms with Gasteiger partial charge in [0.2, 0.25) is 0 Å². The largest absolute Gasteiger partial charge is 0.354 e. The molecule has 1 fully saturated rings. The van der Waals surface area contributed by atoms with Gasteiger partial charge in [-0.2, -0.15) is 0 Å².